The van der Waals surface area contributed by atoms with E-state index in [1.54, 1.807) is 6.92 Å². The first-order valence-electron chi connectivity index (χ1n) is 7.29. The van der Waals surface area contributed by atoms with E-state index in [4.69, 9.17) is 9.47 Å². The van der Waals surface area contributed by atoms with Crippen molar-refractivity contribution in [2.45, 2.75) is 13.3 Å². The van der Waals surface area contributed by atoms with Crippen molar-refractivity contribution < 1.29 is 23.5 Å². The maximum Gasteiger partial charge on any atom is 0.328 e. The van der Waals surface area contributed by atoms with E-state index in [1.165, 1.54) is 30.2 Å². The highest BCUT2D eigenvalue weighted by Crippen LogP contribution is 2.17. The standard InChI is InChI=1S/C16H17FN4O4/c1-10(21-8-7-13(22)19-16(21)23)14(24-3)20-15(18-2)25-12-6-4-5-11(17)9-12/h4-6,9H,2,7-8H2,1,3H3,(H,19,22,23)/b14-10-,20-15?. The van der Waals surface area contributed by atoms with E-state index in [-0.39, 0.29) is 36.5 Å². The zero-order valence-corrected chi connectivity index (χ0v) is 13.8. The monoisotopic (exact) mass is 348 g/mol. The fraction of sp³-hybridized carbons (Fsp3) is 0.250. The van der Waals surface area contributed by atoms with Gasteiger partial charge in [-0.15, -0.1) is 0 Å². The van der Waals surface area contributed by atoms with Crippen molar-refractivity contribution in [1.29, 1.82) is 0 Å². The molecule has 0 atom stereocenters. The summed E-state index contributed by atoms with van der Waals surface area (Å²) in [6, 6.07) is 4.67. The number of rotatable bonds is 4. The number of aliphatic imine (C=N–C) groups is 2. The van der Waals surface area contributed by atoms with E-state index in [0.29, 0.717) is 5.70 Å². The minimum Gasteiger partial charge on any atom is -0.480 e. The van der Waals surface area contributed by atoms with E-state index in [2.05, 4.69) is 22.0 Å². The third-order valence-corrected chi connectivity index (χ3v) is 3.30. The molecule has 0 bridgehead atoms. The maximum atomic E-state index is 13.2. The van der Waals surface area contributed by atoms with Gasteiger partial charge >= 0.3 is 12.1 Å². The summed E-state index contributed by atoms with van der Waals surface area (Å²) in [6.45, 7) is 5.14. The van der Waals surface area contributed by atoms with E-state index >= 15 is 0 Å². The van der Waals surface area contributed by atoms with Gasteiger partial charge in [0.15, 0.2) is 0 Å². The van der Waals surface area contributed by atoms with E-state index in [0.717, 1.165) is 6.07 Å². The Kier molecular flexibility index (Phi) is 5.83. The summed E-state index contributed by atoms with van der Waals surface area (Å²) in [5.74, 6) is -0.600. The number of ether oxygens (including phenoxy) is 2. The fourth-order valence-corrected chi connectivity index (χ4v) is 2.09. The van der Waals surface area contributed by atoms with Crippen LogP contribution in [0.4, 0.5) is 9.18 Å². The number of imide groups is 1. The first kappa shape index (κ1) is 18.1. The van der Waals surface area contributed by atoms with Crippen LogP contribution in [0.3, 0.4) is 0 Å². The van der Waals surface area contributed by atoms with Crippen LogP contribution in [0.5, 0.6) is 5.75 Å². The Hall–Kier alpha value is -3.23. The van der Waals surface area contributed by atoms with Gasteiger partial charge in [0.25, 0.3) is 0 Å². The second-order valence-corrected chi connectivity index (χ2v) is 4.96. The van der Waals surface area contributed by atoms with Crippen LogP contribution < -0.4 is 10.1 Å². The van der Waals surface area contributed by atoms with Gasteiger partial charge in [0.05, 0.1) is 12.8 Å². The lowest BCUT2D eigenvalue weighted by molar-refractivity contribution is -0.121. The number of amidine groups is 1. The smallest absolute Gasteiger partial charge is 0.328 e. The summed E-state index contributed by atoms with van der Waals surface area (Å²) in [6.07, 6.45) is 0.163. The van der Waals surface area contributed by atoms with Gasteiger partial charge in [-0.3, -0.25) is 15.0 Å². The second kappa shape index (κ2) is 8.04. The predicted octanol–water partition coefficient (Wildman–Crippen LogP) is 2.04. The number of carbonyl (C=O) groups excluding carboxylic acids is 2. The Labute approximate surface area is 143 Å². The Balaban J connectivity index is 2.27. The van der Waals surface area contributed by atoms with Crippen molar-refractivity contribution in [3.05, 3.63) is 41.7 Å². The van der Waals surface area contributed by atoms with Crippen molar-refractivity contribution in [3.63, 3.8) is 0 Å². The van der Waals surface area contributed by atoms with Crippen molar-refractivity contribution >= 4 is 24.7 Å². The molecule has 1 aromatic rings. The maximum absolute atomic E-state index is 13.2. The van der Waals surface area contributed by atoms with E-state index in [9.17, 15) is 14.0 Å². The molecule has 1 aliphatic heterocycles. The molecule has 0 saturated carbocycles. The van der Waals surface area contributed by atoms with Crippen molar-refractivity contribution in [2.24, 2.45) is 9.98 Å². The molecular weight excluding hydrogens is 331 g/mol. The van der Waals surface area contributed by atoms with Crippen molar-refractivity contribution in [2.75, 3.05) is 13.7 Å². The second-order valence-electron chi connectivity index (χ2n) is 4.96. The van der Waals surface area contributed by atoms with Gasteiger partial charge in [-0.25, -0.2) is 14.2 Å². The molecule has 1 aromatic carbocycles. The van der Waals surface area contributed by atoms with Crippen LogP contribution in [0.1, 0.15) is 13.3 Å². The number of benzene rings is 1. The van der Waals surface area contributed by atoms with Crippen molar-refractivity contribution in [3.8, 4) is 5.75 Å². The van der Waals surface area contributed by atoms with Gasteiger partial charge in [0.1, 0.15) is 11.6 Å². The van der Waals surface area contributed by atoms with Crippen LogP contribution >= 0.6 is 0 Å². The highest BCUT2D eigenvalue weighted by molar-refractivity contribution is 5.97. The molecule has 132 valence electrons. The number of carbonyl (C=O) groups is 2. The summed E-state index contributed by atoms with van der Waals surface area (Å²) in [7, 11) is 1.36. The molecule has 9 heteroatoms. The molecule has 0 aromatic heterocycles. The number of halogens is 1. The van der Waals surface area contributed by atoms with Gasteiger partial charge in [0.2, 0.25) is 11.8 Å². The van der Waals surface area contributed by atoms with Gasteiger partial charge in [-0.1, -0.05) is 6.07 Å². The van der Waals surface area contributed by atoms with Crippen LogP contribution in [0.2, 0.25) is 0 Å². The SMILES string of the molecule is C=NC(=N/C(OC)=C(\C)N1CCC(=O)NC1=O)Oc1cccc(F)c1. The Bertz CT molecular complexity index is 760. The summed E-state index contributed by atoms with van der Waals surface area (Å²) in [5.41, 5.74) is 0.358. The number of nitrogens with one attached hydrogen (secondary N) is 1. The van der Waals surface area contributed by atoms with Gasteiger partial charge < -0.3 is 9.47 Å². The molecule has 1 fully saturated rings. The Morgan fingerprint density at radius 1 is 1.40 bits per heavy atom. The van der Waals surface area contributed by atoms with E-state index < -0.39 is 11.8 Å². The third kappa shape index (κ3) is 4.63. The summed E-state index contributed by atoms with van der Waals surface area (Å²) < 4.78 is 23.7. The van der Waals surface area contributed by atoms with Crippen LogP contribution in [0.15, 0.2) is 45.8 Å². The number of methoxy groups -OCH3 is 1. The molecule has 0 aliphatic carbocycles. The molecular formula is C16H17FN4O4. The highest BCUT2D eigenvalue weighted by atomic mass is 19.1. The molecule has 1 heterocycles. The number of nitrogens with zero attached hydrogens (tertiary/aromatic N) is 3. The minimum atomic E-state index is -0.572. The highest BCUT2D eigenvalue weighted by Gasteiger charge is 2.26. The van der Waals surface area contributed by atoms with Crippen molar-refractivity contribution in [1.82, 2.24) is 10.2 Å². The van der Waals surface area contributed by atoms with Crippen LogP contribution in [-0.4, -0.2) is 43.2 Å². The lowest BCUT2D eigenvalue weighted by Crippen LogP contribution is -2.48. The molecule has 1 saturated heterocycles. The predicted molar refractivity (Wildman–Crippen MR) is 88.6 cm³/mol. The molecule has 0 unspecified atom stereocenters. The first-order chi connectivity index (χ1) is 11.9. The summed E-state index contributed by atoms with van der Waals surface area (Å²) in [5, 5.41) is 2.20. The quantitative estimate of drug-likeness (QED) is 0.512. The largest absolute Gasteiger partial charge is 0.480 e. The van der Waals surface area contributed by atoms with Gasteiger partial charge in [-0.05, 0) is 25.8 Å². The molecule has 0 radical (unpaired) electrons. The molecule has 1 aliphatic rings. The summed E-state index contributed by atoms with van der Waals surface area (Å²) >= 11 is 0. The summed E-state index contributed by atoms with van der Waals surface area (Å²) in [4.78, 5) is 32.1. The zero-order chi connectivity index (χ0) is 18.4. The molecule has 0 spiro atoms. The van der Waals surface area contributed by atoms with Crippen LogP contribution in [0.25, 0.3) is 0 Å². The van der Waals surface area contributed by atoms with Crippen LogP contribution in [0, 0.1) is 5.82 Å². The van der Waals surface area contributed by atoms with Gasteiger partial charge in [-0.2, -0.15) is 4.99 Å². The molecule has 8 nitrogen and oxygen atoms in total. The minimum absolute atomic E-state index is 0.0447. The molecule has 25 heavy (non-hydrogen) atoms. The number of hydrogen-bond acceptors (Lipinski definition) is 5. The van der Waals surface area contributed by atoms with E-state index in [1.807, 2.05) is 0 Å². The third-order valence-electron chi connectivity index (χ3n) is 3.30. The average molecular weight is 348 g/mol. The normalized spacial score (nSPS) is 16.1. The first-order valence-corrected chi connectivity index (χ1v) is 7.29. The zero-order valence-electron chi connectivity index (χ0n) is 13.8. The molecule has 3 amide bonds. The molecule has 2 rings (SSSR count). The lowest BCUT2D eigenvalue weighted by atomic mass is 10.3. The number of urea groups is 1. The lowest BCUT2D eigenvalue weighted by Gasteiger charge is -2.27. The number of hydrogen-bond donors (Lipinski definition) is 1. The molecule has 1 N–H and O–H groups in total. The fourth-order valence-electron chi connectivity index (χ4n) is 2.09. The topological polar surface area (TPSA) is 92.6 Å². The van der Waals surface area contributed by atoms with Gasteiger partial charge in [0, 0.05) is 19.0 Å². The number of allylic oxidation sites excluding steroid dienone is 1. The Morgan fingerprint density at radius 2 is 2.16 bits per heavy atom. The Morgan fingerprint density at radius 3 is 2.76 bits per heavy atom. The number of amides is 3. The van der Waals surface area contributed by atoms with Crippen LogP contribution in [-0.2, 0) is 9.53 Å². The average Bonchev–Trinajstić information content (AvgIpc) is 2.58.